The Labute approximate surface area is 97.5 Å². The van der Waals surface area contributed by atoms with E-state index in [1.165, 1.54) is 0 Å². The van der Waals surface area contributed by atoms with Crippen LogP contribution in [0.2, 0.25) is 0 Å². The van der Waals surface area contributed by atoms with E-state index in [9.17, 15) is 5.11 Å². The van der Waals surface area contributed by atoms with Crippen LogP contribution in [0.1, 0.15) is 20.8 Å². The Morgan fingerprint density at radius 1 is 1.31 bits per heavy atom. The number of aliphatic hydroxyl groups excluding tert-OH is 1. The maximum absolute atomic E-state index is 10.2. The van der Waals surface area contributed by atoms with Crippen LogP contribution in [-0.2, 0) is 9.47 Å². The SMILES string of the molecule is CC(C)(C)C1CN(C(O)C2COC2)CCO1. The molecule has 2 rings (SSSR count). The van der Waals surface area contributed by atoms with Gasteiger partial charge in [0, 0.05) is 19.0 Å². The van der Waals surface area contributed by atoms with Gasteiger partial charge in [0.25, 0.3) is 0 Å². The highest BCUT2D eigenvalue weighted by Gasteiger charge is 2.37. The monoisotopic (exact) mass is 229 g/mol. The molecule has 0 spiro atoms. The number of morpholine rings is 1. The third kappa shape index (κ3) is 2.56. The van der Waals surface area contributed by atoms with Crippen molar-refractivity contribution in [3.8, 4) is 0 Å². The summed E-state index contributed by atoms with van der Waals surface area (Å²) >= 11 is 0. The highest BCUT2D eigenvalue weighted by molar-refractivity contribution is 4.85. The minimum atomic E-state index is -0.359. The van der Waals surface area contributed by atoms with Crippen molar-refractivity contribution in [3.05, 3.63) is 0 Å². The highest BCUT2D eigenvalue weighted by Crippen LogP contribution is 2.27. The predicted octanol–water partition coefficient (Wildman–Crippen LogP) is 0.698. The molecule has 2 aliphatic rings. The first-order valence-corrected chi connectivity index (χ1v) is 6.10. The molecule has 2 atom stereocenters. The van der Waals surface area contributed by atoms with Gasteiger partial charge < -0.3 is 14.6 Å². The summed E-state index contributed by atoms with van der Waals surface area (Å²) in [6.45, 7) is 10.3. The van der Waals surface area contributed by atoms with Crippen LogP contribution in [0.3, 0.4) is 0 Å². The zero-order valence-corrected chi connectivity index (χ0v) is 10.5. The summed E-state index contributed by atoms with van der Waals surface area (Å²) in [5.41, 5.74) is 0.133. The molecule has 2 heterocycles. The van der Waals surface area contributed by atoms with Crippen molar-refractivity contribution >= 4 is 0 Å². The topological polar surface area (TPSA) is 41.9 Å². The molecule has 94 valence electrons. The number of rotatable bonds is 2. The summed E-state index contributed by atoms with van der Waals surface area (Å²) in [6, 6.07) is 0. The molecule has 0 aromatic carbocycles. The molecule has 0 radical (unpaired) electrons. The molecule has 2 unspecified atom stereocenters. The molecule has 16 heavy (non-hydrogen) atoms. The Morgan fingerprint density at radius 3 is 2.50 bits per heavy atom. The van der Waals surface area contributed by atoms with Crippen molar-refractivity contribution in [1.29, 1.82) is 0 Å². The molecule has 4 nitrogen and oxygen atoms in total. The maximum Gasteiger partial charge on any atom is 0.114 e. The lowest BCUT2D eigenvalue weighted by Gasteiger charge is -2.44. The van der Waals surface area contributed by atoms with Crippen molar-refractivity contribution in [2.45, 2.75) is 33.1 Å². The molecule has 0 aromatic heterocycles. The van der Waals surface area contributed by atoms with Gasteiger partial charge in [0.1, 0.15) is 6.23 Å². The van der Waals surface area contributed by atoms with Gasteiger partial charge in [-0.05, 0) is 5.41 Å². The quantitative estimate of drug-likeness (QED) is 0.757. The summed E-state index contributed by atoms with van der Waals surface area (Å²) in [4.78, 5) is 2.13. The second-order valence-corrected chi connectivity index (χ2v) is 5.93. The van der Waals surface area contributed by atoms with E-state index in [1.54, 1.807) is 0 Å². The first-order valence-electron chi connectivity index (χ1n) is 6.10. The van der Waals surface area contributed by atoms with E-state index in [0.717, 1.165) is 13.1 Å². The Balaban J connectivity index is 1.90. The molecule has 0 saturated carbocycles. The van der Waals surface area contributed by atoms with Gasteiger partial charge in [-0.15, -0.1) is 0 Å². The molecule has 4 heteroatoms. The normalized spacial score (nSPS) is 31.1. The molecular weight excluding hydrogens is 206 g/mol. The summed E-state index contributed by atoms with van der Waals surface area (Å²) in [5.74, 6) is 0.290. The van der Waals surface area contributed by atoms with Crippen LogP contribution in [0.25, 0.3) is 0 Å². The van der Waals surface area contributed by atoms with Crippen LogP contribution in [0.15, 0.2) is 0 Å². The van der Waals surface area contributed by atoms with E-state index in [4.69, 9.17) is 9.47 Å². The van der Waals surface area contributed by atoms with Crippen LogP contribution >= 0.6 is 0 Å². The number of hydrogen-bond donors (Lipinski definition) is 1. The molecular formula is C12H23NO3. The lowest BCUT2D eigenvalue weighted by Crippen LogP contribution is -2.56. The minimum Gasteiger partial charge on any atom is -0.380 e. The van der Waals surface area contributed by atoms with Crippen LogP contribution < -0.4 is 0 Å². The van der Waals surface area contributed by atoms with Crippen LogP contribution in [0.4, 0.5) is 0 Å². The van der Waals surface area contributed by atoms with Gasteiger partial charge in [0.15, 0.2) is 0 Å². The molecule has 1 N–H and O–H groups in total. The number of hydrogen-bond acceptors (Lipinski definition) is 4. The first-order chi connectivity index (χ1) is 7.48. The molecule has 2 aliphatic heterocycles. The van der Waals surface area contributed by atoms with E-state index in [0.29, 0.717) is 25.7 Å². The third-order valence-corrected chi connectivity index (χ3v) is 3.52. The smallest absolute Gasteiger partial charge is 0.114 e. The number of aliphatic hydroxyl groups is 1. The van der Waals surface area contributed by atoms with Gasteiger partial charge in [0.2, 0.25) is 0 Å². The van der Waals surface area contributed by atoms with Gasteiger partial charge in [-0.1, -0.05) is 20.8 Å². The zero-order chi connectivity index (χ0) is 11.8. The van der Waals surface area contributed by atoms with E-state index in [2.05, 4.69) is 25.7 Å². The lowest BCUT2D eigenvalue weighted by atomic mass is 9.87. The second kappa shape index (κ2) is 4.61. The summed E-state index contributed by atoms with van der Waals surface area (Å²) in [5, 5.41) is 10.2. The van der Waals surface area contributed by atoms with E-state index < -0.39 is 0 Å². The van der Waals surface area contributed by atoms with Crippen LogP contribution in [0, 0.1) is 11.3 Å². The Bertz CT molecular complexity index is 235. The largest absolute Gasteiger partial charge is 0.380 e. The fourth-order valence-corrected chi connectivity index (χ4v) is 2.16. The first kappa shape index (κ1) is 12.3. The standard InChI is InChI=1S/C12H23NO3/c1-12(2,3)10-6-13(4-5-16-10)11(14)9-7-15-8-9/h9-11,14H,4-8H2,1-3H3. The molecule has 2 fully saturated rings. The van der Waals surface area contributed by atoms with Crippen molar-refractivity contribution in [2.24, 2.45) is 11.3 Å². The average molecular weight is 229 g/mol. The molecule has 0 aliphatic carbocycles. The lowest BCUT2D eigenvalue weighted by molar-refractivity contribution is -0.180. The van der Waals surface area contributed by atoms with Crippen molar-refractivity contribution in [1.82, 2.24) is 4.90 Å². The van der Waals surface area contributed by atoms with E-state index in [-0.39, 0.29) is 17.7 Å². The highest BCUT2D eigenvalue weighted by atomic mass is 16.5. The minimum absolute atomic E-state index is 0.133. The summed E-state index contributed by atoms with van der Waals surface area (Å²) in [7, 11) is 0. The van der Waals surface area contributed by atoms with Gasteiger partial charge in [0.05, 0.1) is 25.9 Å². The maximum atomic E-state index is 10.2. The van der Waals surface area contributed by atoms with Crippen molar-refractivity contribution < 1.29 is 14.6 Å². The Kier molecular flexibility index (Phi) is 3.54. The Hall–Kier alpha value is -0.160. The molecule has 0 amide bonds. The zero-order valence-electron chi connectivity index (χ0n) is 10.5. The van der Waals surface area contributed by atoms with Crippen molar-refractivity contribution in [2.75, 3.05) is 32.9 Å². The van der Waals surface area contributed by atoms with E-state index >= 15 is 0 Å². The Morgan fingerprint density at radius 2 is 2.00 bits per heavy atom. The summed E-state index contributed by atoms with van der Waals surface area (Å²) in [6.07, 6.45) is -0.153. The molecule has 0 bridgehead atoms. The average Bonchev–Trinajstić information content (AvgIpc) is 2.14. The summed E-state index contributed by atoms with van der Waals surface area (Å²) < 4.78 is 10.9. The second-order valence-electron chi connectivity index (χ2n) is 5.93. The van der Waals surface area contributed by atoms with Gasteiger partial charge >= 0.3 is 0 Å². The third-order valence-electron chi connectivity index (χ3n) is 3.52. The van der Waals surface area contributed by atoms with Crippen LogP contribution in [0.5, 0.6) is 0 Å². The van der Waals surface area contributed by atoms with Gasteiger partial charge in [-0.2, -0.15) is 0 Å². The van der Waals surface area contributed by atoms with Crippen molar-refractivity contribution in [3.63, 3.8) is 0 Å². The predicted molar refractivity (Wildman–Crippen MR) is 61.1 cm³/mol. The number of nitrogens with zero attached hydrogens (tertiary/aromatic N) is 1. The fourth-order valence-electron chi connectivity index (χ4n) is 2.16. The molecule has 2 saturated heterocycles. The fraction of sp³-hybridized carbons (Fsp3) is 1.00. The van der Waals surface area contributed by atoms with Crippen LogP contribution in [-0.4, -0.2) is 55.2 Å². The van der Waals surface area contributed by atoms with Gasteiger partial charge in [-0.25, -0.2) is 0 Å². The molecule has 0 aromatic rings. The van der Waals surface area contributed by atoms with Gasteiger partial charge in [-0.3, -0.25) is 4.90 Å². The van der Waals surface area contributed by atoms with E-state index in [1.807, 2.05) is 0 Å². The number of ether oxygens (including phenoxy) is 2.